The maximum atomic E-state index is 13.0. The Hall–Kier alpha value is -1.98. The van der Waals surface area contributed by atoms with E-state index >= 15 is 0 Å². The number of hydrogen-bond acceptors (Lipinski definition) is 4. The van der Waals surface area contributed by atoms with Gasteiger partial charge in [0.05, 0.1) is 16.8 Å². The number of rotatable bonds is 2. The van der Waals surface area contributed by atoms with E-state index in [-0.39, 0.29) is 5.91 Å². The van der Waals surface area contributed by atoms with Crippen LogP contribution in [0.25, 0.3) is 10.9 Å². The van der Waals surface area contributed by atoms with Crippen LogP contribution in [-0.2, 0) is 12.8 Å². The van der Waals surface area contributed by atoms with Crippen LogP contribution in [0.15, 0.2) is 18.2 Å². The van der Waals surface area contributed by atoms with Gasteiger partial charge in [0, 0.05) is 21.0 Å². The fourth-order valence-electron chi connectivity index (χ4n) is 3.18. The first kappa shape index (κ1) is 15.5. The second kappa shape index (κ2) is 5.83. The third-order valence-corrected chi connectivity index (χ3v) is 5.67. The van der Waals surface area contributed by atoms with Gasteiger partial charge in [-0.15, -0.1) is 11.3 Å². The van der Waals surface area contributed by atoms with Crippen LogP contribution < -0.4 is 5.32 Å². The van der Waals surface area contributed by atoms with Gasteiger partial charge in [-0.3, -0.25) is 15.1 Å². The summed E-state index contributed by atoms with van der Waals surface area (Å²) >= 11 is 7.66. The number of carbonyl (C=O) groups is 1. The van der Waals surface area contributed by atoms with Crippen molar-refractivity contribution in [1.29, 1.82) is 0 Å². The van der Waals surface area contributed by atoms with Crippen molar-refractivity contribution >= 4 is 44.9 Å². The first-order valence-corrected chi connectivity index (χ1v) is 9.09. The Labute approximate surface area is 148 Å². The number of hydrogen-bond donors (Lipinski definition) is 1. The van der Waals surface area contributed by atoms with E-state index in [4.69, 9.17) is 16.6 Å². The van der Waals surface area contributed by atoms with Crippen molar-refractivity contribution in [3.63, 3.8) is 0 Å². The minimum Gasteiger partial charge on any atom is -0.298 e. The van der Waals surface area contributed by atoms with Gasteiger partial charge in [0.15, 0.2) is 5.13 Å². The maximum Gasteiger partial charge on any atom is 0.258 e. The van der Waals surface area contributed by atoms with Gasteiger partial charge < -0.3 is 0 Å². The summed E-state index contributed by atoms with van der Waals surface area (Å²) < 4.78 is 0. The van der Waals surface area contributed by atoms with Crippen molar-refractivity contribution in [2.75, 3.05) is 5.32 Å². The molecule has 2 aromatic heterocycles. The topological polar surface area (TPSA) is 54.9 Å². The van der Waals surface area contributed by atoms with Crippen LogP contribution in [0.1, 0.15) is 38.6 Å². The van der Waals surface area contributed by atoms with Crippen molar-refractivity contribution in [2.24, 2.45) is 0 Å². The lowest BCUT2D eigenvalue weighted by molar-refractivity contribution is 0.102. The molecule has 0 atom stereocenters. The maximum absolute atomic E-state index is 13.0. The Balaban J connectivity index is 1.85. The number of fused-ring (bicyclic) bond motifs is 2. The smallest absolute Gasteiger partial charge is 0.258 e. The van der Waals surface area contributed by atoms with E-state index in [1.54, 1.807) is 0 Å². The molecule has 0 radical (unpaired) electrons. The Morgan fingerprint density at radius 3 is 2.83 bits per heavy atom. The molecule has 0 spiro atoms. The summed E-state index contributed by atoms with van der Waals surface area (Å²) in [6, 6.07) is 5.52. The second-order valence-corrected chi connectivity index (χ2v) is 7.68. The zero-order chi connectivity index (χ0) is 16.8. The lowest BCUT2D eigenvalue weighted by atomic mass is 10.0. The quantitative estimate of drug-likeness (QED) is 0.723. The van der Waals surface area contributed by atoms with Crippen molar-refractivity contribution < 1.29 is 4.79 Å². The molecule has 122 valence electrons. The highest BCUT2D eigenvalue weighted by molar-refractivity contribution is 7.15. The fourth-order valence-corrected chi connectivity index (χ4v) is 4.16. The third kappa shape index (κ3) is 2.58. The molecule has 0 unspecified atom stereocenters. The Kier molecular flexibility index (Phi) is 3.77. The highest BCUT2D eigenvalue weighted by Crippen LogP contribution is 2.32. The molecule has 1 aromatic carbocycles. The van der Waals surface area contributed by atoms with E-state index in [0.717, 1.165) is 52.0 Å². The van der Waals surface area contributed by atoms with E-state index in [1.807, 2.05) is 32.0 Å². The Morgan fingerprint density at radius 1 is 1.25 bits per heavy atom. The van der Waals surface area contributed by atoms with Gasteiger partial charge in [0.25, 0.3) is 5.91 Å². The van der Waals surface area contributed by atoms with Crippen LogP contribution in [-0.4, -0.2) is 15.9 Å². The van der Waals surface area contributed by atoms with Crippen LogP contribution in [0.3, 0.4) is 0 Å². The Morgan fingerprint density at radius 2 is 2.08 bits per heavy atom. The largest absolute Gasteiger partial charge is 0.298 e. The van der Waals surface area contributed by atoms with Gasteiger partial charge in [-0.05, 0) is 56.9 Å². The number of pyridine rings is 1. The average molecular weight is 358 g/mol. The molecule has 0 saturated heterocycles. The number of anilines is 1. The standard InChI is InChI=1S/C18H16ClN3OS/c1-9-10(2)24-18(20-9)22-17(23)16-12-4-3-5-14(12)21-15-7-6-11(19)8-13(15)16/h6-8H,3-5H2,1-2H3,(H,20,22,23). The molecule has 6 heteroatoms. The molecule has 24 heavy (non-hydrogen) atoms. The molecule has 1 aliphatic carbocycles. The summed E-state index contributed by atoms with van der Waals surface area (Å²) in [5.74, 6) is -0.128. The number of aromatic nitrogens is 2. The van der Waals surface area contributed by atoms with Crippen molar-refractivity contribution in [3.05, 3.63) is 50.6 Å². The molecule has 1 N–H and O–H groups in total. The lowest BCUT2D eigenvalue weighted by Crippen LogP contribution is -2.15. The van der Waals surface area contributed by atoms with Gasteiger partial charge in [-0.2, -0.15) is 0 Å². The van der Waals surface area contributed by atoms with Crippen molar-refractivity contribution in [3.8, 4) is 0 Å². The van der Waals surface area contributed by atoms with Gasteiger partial charge in [-0.25, -0.2) is 4.98 Å². The molecule has 1 aliphatic rings. The number of benzene rings is 1. The monoisotopic (exact) mass is 357 g/mol. The fraction of sp³-hybridized carbons (Fsp3) is 0.278. The van der Waals surface area contributed by atoms with E-state index in [0.29, 0.717) is 15.7 Å². The van der Waals surface area contributed by atoms with Gasteiger partial charge >= 0.3 is 0 Å². The number of halogens is 1. The van der Waals surface area contributed by atoms with E-state index in [2.05, 4.69) is 10.3 Å². The molecule has 0 bridgehead atoms. The van der Waals surface area contributed by atoms with Crippen molar-refractivity contribution in [1.82, 2.24) is 9.97 Å². The molecule has 1 amide bonds. The second-order valence-electron chi connectivity index (χ2n) is 6.04. The van der Waals surface area contributed by atoms with E-state index in [1.165, 1.54) is 11.3 Å². The number of aryl methyl sites for hydroxylation is 3. The molecular formula is C18H16ClN3OS. The summed E-state index contributed by atoms with van der Waals surface area (Å²) in [5, 5.41) is 5.01. The molecule has 0 saturated carbocycles. The number of amides is 1. The average Bonchev–Trinajstić information content (AvgIpc) is 3.11. The summed E-state index contributed by atoms with van der Waals surface area (Å²) in [6.45, 7) is 3.95. The number of nitrogens with zero attached hydrogens (tertiary/aromatic N) is 2. The summed E-state index contributed by atoms with van der Waals surface area (Å²) in [4.78, 5) is 23.2. The normalized spacial score (nSPS) is 13.3. The first-order valence-electron chi connectivity index (χ1n) is 7.89. The zero-order valence-electron chi connectivity index (χ0n) is 13.4. The third-order valence-electron chi connectivity index (χ3n) is 4.45. The highest BCUT2D eigenvalue weighted by atomic mass is 35.5. The van der Waals surface area contributed by atoms with Crippen molar-refractivity contribution in [2.45, 2.75) is 33.1 Å². The van der Waals surface area contributed by atoms with E-state index < -0.39 is 0 Å². The molecule has 4 nitrogen and oxygen atoms in total. The van der Waals surface area contributed by atoms with Crippen LogP contribution in [0.5, 0.6) is 0 Å². The summed E-state index contributed by atoms with van der Waals surface area (Å²) in [5.41, 5.74) is 4.54. The van der Waals surface area contributed by atoms with Gasteiger partial charge in [0.2, 0.25) is 0 Å². The van der Waals surface area contributed by atoms with Crippen LogP contribution in [0.2, 0.25) is 5.02 Å². The number of carbonyl (C=O) groups excluding carboxylic acids is 1. The highest BCUT2D eigenvalue weighted by Gasteiger charge is 2.24. The number of thiazole rings is 1. The van der Waals surface area contributed by atoms with Crippen LogP contribution in [0, 0.1) is 13.8 Å². The SMILES string of the molecule is Cc1nc(NC(=O)c2c3c(nc4ccc(Cl)cc24)CCC3)sc1C. The molecule has 3 aromatic rings. The predicted octanol–water partition coefficient (Wildman–Crippen LogP) is 4.70. The predicted molar refractivity (Wildman–Crippen MR) is 98.3 cm³/mol. The molecule has 0 aliphatic heterocycles. The minimum absolute atomic E-state index is 0.128. The lowest BCUT2D eigenvalue weighted by Gasteiger charge is -2.12. The molecule has 2 heterocycles. The first-order chi connectivity index (χ1) is 11.5. The van der Waals surface area contributed by atoms with Gasteiger partial charge in [0.1, 0.15) is 0 Å². The molecule has 0 fully saturated rings. The minimum atomic E-state index is -0.128. The Bertz CT molecular complexity index is 961. The zero-order valence-corrected chi connectivity index (χ0v) is 15.0. The molecular weight excluding hydrogens is 342 g/mol. The number of nitrogens with one attached hydrogen (secondary N) is 1. The summed E-state index contributed by atoms with van der Waals surface area (Å²) in [6.07, 6.45) is 2.83. The molecule has 4 rings (SSSR count). The van der Waals surface area contributed by atoms with Crippen LogP contribution >= 0.6 is 22.9 Å². The summed E-state index contributed by atoms with van der Waals surface area (Å²) in [7, 11) is 0. The van der Waals surface area contributed by atoms with Gasteiger partial charge in [-0.1, -0.05) is 11.6 Å². The van der Waals surface area contributed by atoms with Crippen LogP contribution in [0.4, 0.5) is 5.13 Å². The van der Waals surface area contributed by atoms with E-state index in [9.17, 15) is 4.79 Å².